The fraction of sp³-hybridized carbons (Fsp3) is 0.455. The highest BCUT2D eigenvalue weighted by molar-refractivity contribution is 6.42. The Kier molecular flexibility index (Phi) is 4.15. The lowest BCUT2D eigenvalue weighted by Crippen LogP contribution is -2.17. The third kappa shape index (κ3) is 3.09. The minimum atomic E-state index is -0.820. The molecule has 1 aromatic rings. The summed E-state index contributed by atoms with van der Waals surface area (Å²) in [6.07, 6.45) is -1.00. The quantitative estimate of drug-likeness (QED) is 0.587. The minimum Gasteiger partial charge on any atom is -0.390 e. The second kappa shape index (κ2) is 5.50. The first-order valence-corrected chi connectivity index (χ1v) is 6.40. The predicted molar refractivity (Wildman–Crippen MR) is 71.8 cm³/mol. The summed E-state index contributed by atoms with van der Waals surface area (Å²) in [5, 5.41) is 33.1. The molecule has 1 fully saturated rings. The molecule has 2 unspecified atom stereocenters. The zero-order valence-electron chi connectivity index (χ0n) is 9.72. The summed E-state index contributed by atoms with van der Waals surface area (Å²) < 4.78 is 0. The van der Waals surface area contributed by atoms with Gasteiger partial charge in [-0.1, -0.05) is 23.2 Å². The number of hydrogen-bond acceptors (Lipinski definition) is 5. The molecule has 0 heterocycles. The summed E-state index contributed by atoms with van der Waals surface area (Å²) in [6, 6.07) is 2.30. The molecule has 0 radical (unpaired) electrons. The number of halogens is 2. The molecule has 1 saturated carbocycles. The van der Waals surface area contributed by atoms with Crippen molar-refractivity contribution in [3.63, 3.8) is 0 Å². The molecule has 1 aliphatic carbocycles. The van der Waals surface area contributed by atoms with Crippen molar-refractivity contribution in [2.24, 2.45) is 0 Å². The van der Waals surface area contributed by atoms with Crippen LogP contribution in [0.5, 0.6) is 0 Å². The van der Waals surface area contributed by atoms with Crippen LogP contribution < -0.4 is 5.32 Å². The average molecular weight is 307 g/mol. The molecule has 0 saturated heterocycles. The highest BCUT2D eigenvalue weighted by atomic mass is 35.5. The summed E-state index contributed by atoms with van der Waals surface area (Å²) in [4.78, 5) is 10.4. The first-order chi connectivity index (χ1) is 8.88. The summed E-state index contributed by atoms with van der Waals surface area (Å²) in [5.41, 5.74) is 0.0379. The molecule has 6 nitrogen and oxygen atoms in total. The average Bonchev–Trinajstić information content (AvgIpc) is 2.62. The van der Waals surface area contributed by atoms with Crippen LogP contribution in [0.4, 0.5) is 11.4 Å². The van der Waals surface area contributed by atoms with Gasteiger partial charge in [0.1, 0.15) is 5.69 Å². The van der Waals surface area contributed by atoms with Crippen LogP contribution in [0, 0.1) is 10.1 Å². The van der Waals surface area contributed by atoms with Crippen molar-refractivity contribution in [3.8, 4) is 0 Å². The molecule has 1 aromatic carbocycles. The van der Waals surface area contributed by atoms with Gasteiger partial charge in [-0.3, -0.25) is 10.1 Å². The van der Waals surface area contributed by atoms with E-state index in [4.69, 9.17) is 23.2 Å². The number of nitrogens with zero attached hydrogens (tertiary/aromatic N) is 1. The molecule has 19 heavy (non-hydrogen) atoms. The Morgan fingerprint density at radius 1 is 1.21 bits per heavy atom. The maximum absolute atomic E-state index is 11.0. The van der Waals surface area contributed by atoms with E-state index >= 15 is 0 Å². The topological polar surface area (TPSA) is 95.6 Å². The number of aliphatic hydroxyl groups excluding tert-OH is 2. The standard InChI is InChI=1S/C11H12Cl2N2O4/c12-6-3-8(9(15(18)19)4-7(6)13)14-5-1-10(16)11(17)2-5/h3-5,10-11,14,16-17H,1-2H2. The van der Waals surface area contributed by atoms with E-state index in [0.29, 0.717) is 12.8 Å². The van der Waals surface area contributed by atoms with Crippen LogP contribution >= 0.6 is 23.2 Å². The van der Waals surface area contributed by atoms with E-state index in [-0.39, 0.29) is 27.5 Å². The van der Waals surface area contributed by atoms with Gasteiger partial charge in [-0.25, -0.2) is 0 Å². The Morgan fingerprint density at radius 2 is 1.74 bits per heavy atom. The summed E-state index contributed by atoms with van der Waals surface area (Å²) >= 11 is 11.6. The van der Waals surface area contributed by atoms with Crippen molar-refractivity contribution < 1.29 is 15.1 Å². The number of anilines is 1. The van der Waals surface area contributed by atoms with Gasteiger partial charge in [0.15, 0.2) is 0 Å². The molecule has 1 aliphatic rings. The molecule has 0 spiro atoms. The van der Waals surface area contributed by atoms with Crippen LogP contribution in [-0.2, 0) is 0 Å². The Balaban J connectivity index is 2.24. The largest absolute Gasteiger partial charge is 0.390 e. The van der Waals surface area contributed by atoms with E-state index < -0.39 is 17.1 Å². The second-order valence-electron chi connectivity index (χ2n) is 4.49. The molecule has 104 valence electrons. The van der Waals surface area contributed by atoms with Gasteiger partial charge in [-0.2, -0.15) is 0 Å². The van der Waals surface area contributed by atoms with E-state index in [1.807, 2.05) is 0 Å². The van der Waals surface area contributed by atoms with E-state index in [1.165, 1.54) is 12.1 Å². The van der Waals surface area contributed by atoms with Crippen LogP contribution in [-0.4, -0.2) is 33.4 Å². The monoisotopic (exact) mass is 306 g/mol. The first kappa shape index (κ1) is 14.3. The molecule has 2 atom stereocenters. The summed E-state index contributed by atoms with van der Waals surface area (Å²) in [5.74, 6) is 0. The minimum absolute atomic E-state index is 0.102. The number of nitro groups is 1. The number of benzene rings is 1. The number of aliphatic hydroxyl groups is 2. The highest BCUT2D eigenvalue weighted by Gasteiger charge is 2.32. The van der Waals surface area contributed by atoms with E-state index in [2.05, 4.69) is 5.32 Å². The lowest BCUT2D eigenvalue weighted by Gasteiger charge is -2.14. The van der Waals surface area contributed by atoms with Crippen molar-refractivity contribution in [2.75, 3.05) is 5.32 Å². The van der Waals surface area contributed by atoms with Crippen molar-refractivity contribution in [1.82, 2.24) is 0 Å². The van der Waals surface area contributed by atoms with Gasteiger partial charge in [0.25, 0.3) is 5.69 Å². The van der Waals surface area contributed by atoms with E-state index in [0.717, 1.165) is 0 Å². The molecule has 8 heteroatoms. The van der Waals surface area contributed by atoms with Gasteiger partial charge in [-0.15, -0.1) is 0 Å². The number of nitrogens with one attached hydrogen (secondary N) is 1. The number of rotatable bonds is 3. The first-order valence-electron chi connectivity index (χ1n) is 5.64. The van der Waals surface area contributed by atoms with Crippen molar-refractivity contribution in [3.05, 3.63) is 32.3 Å². The summed E-state index contributed by atoms with van der Waals surface area (Å²) in [7, 11) is 0. The molecule has 0 bridgehead atoms. The van der Waals surface area contributed by atoms with Gasteiger partial charge in [0, 0.05) is 12.1 Å². The van der Waals surface area contributed by atoms with Gasteiger partial charge in [-0.05, 0) is 18.9 Å². The molecule has 0 aromatic heterocycles. The van der Waals surface area contributed by atoms with Gasteiger partial charge >= 0.3 is 0 Å². The Hall–Kier alpha value is -1.08. The zero-order valence-corrected chi connectivity index (χ0v) is 11.2. The van der Waals surface area contributed by atoms with Crippen LogP contribution in [0.15, 0.2) is 12.1 Å². The van der Waals surface area contributed by atoms with Crippen LogP contribution in [0.3, 0.4) is 0 Å². The normalized spacial score (nSPS) is 26.4. The smallest absolute Gasteiger partial charge is 0.293 e. The van der Waals surface area contributed by atoms with Gasteiger partial charge in [0.2, 0.25) is 0 Å². The molecular weight excluding hydrogens is 295 g/mol. The Bertz CT molecular complexity index is 502. The zero-order chi connectivity index (χ0) is 14.2. The third-order valence-corrected chi connectivity index (χ3v) is 3.81. The molecule has 3 N–H and O–H groups in total. The van der Waals surface area contributed by atoms with Crippen LogP contribution in [0.2, 0.25) is 10.0 Å². The highest BCUT2D eigenvalue weighted by Crippen LogP contribution is 2.35. The maximum Gasteiger partial charge on any atom is 0.293 e. The van der Waals surface area contributed by atoms with Gasteiger partial charge < -0.3 is 15.5 Å². The van der Waals surface area contributed by atoms with Gasteiger partial charge in [0.05, 0.1) is 27.2 Å². The lowest BCUT2D eigenvalue weighted by molar-refractivity contribution is -0.384. The van der Waals surface area contributed by atoms with Crippen molar-refractivity contribution in [2.45, 2.75) is 31.1 Å². The van der Waals surface area contributed by atoms with E-state index in [9.17, 15) is 20.3 Å². The SMILES string of the molecule is O=[N+]([O-])c1cc(Cl)c(Cl)cc1NC1CC(O)C(O)C1. The second-order valence-corrected chi connectivity index (χ2v) is 5.30. The Labute approximate surface area is 119 Å². The molecule has 2 rings (SSSR count). The summed E-state index contributed by atoms with van der Waals surface area (Å²) in [6.45, 7) is 0. The van der Waals surface area contributed by atoms with Crippen molar-refractivity contribution in [1.29, 1.82) is 0 Å². The molecular formula is C11H12Cl2N2O4. The lowest BCUT2D eigenvalue weighted by atomic mass is 10.2. The third-order valence-electron chi connectivity index (χ3n) is 3.09. The Morgan fingerprint density at radius 3 is 2.26 bits per heavy atom. The molecule has 0 aliphatic heterocycles. The van der Waals surface area contributed by atoms with Crippen LogP contribution in [0.25, 0.3) is 0 Å². The fourth-order valence-electron chi connectivity index (χ4n) is 2.13. The number of hydrogen-bond donors (Lipinski definition) is 3. The maximum atomic E-state index is 11.0. The van der Waals surface area contributed by atoms with Crippen molar-refractivity contribution >= 4 is 34.6 Å². The molecule has 0 amide bonds. The predicted octanol–water partition coefficient (Wildman–Crippen LogP) is 2.20. The van der Waals surface area contributed by atoms with Crippen LogP contribution in [0.1, 0.15) is 12.8 Å². The fourth-order valence-corrected chi connectivity index (χ4v) is 2.46. The van der Waals surface area contributed by atoms with E-state index in [1.54, 1.807) is 0 Å². The number of nitro benzene ring substituents is 1.